The summed E-state index contributed by atoms with van der Waals surface area (Å²) in [6.45, 7) is 7.62. The number of rotatable bonds is 8. The van der Waals surface area contributed by atoms with Crippen molar-refractivity contribution in [1.82, 2.24) is 19.7 Å². The van der Waals surface area contributed by atoms with E-state index in [-0.39, 0.29) is 5.91 Å². The number of carbonyl (C=O) groups excluding carboxylic acids is 1. The number of thioether (sulfide) groups is 1. The van der Waals surface area contributed by atoms with Crippen molar-refractivity contribution in [3.8, 4) is 11.4 Å². The standard InChI is InChI=1S/C23H28N4OS/c1-5-13-27(15-19-11-9-17(2)10-12-19)21(28)16-29-23-25-24-22(26(23)4)20-8-6-7-18(3)14-20/h6-12,14H,5,13,15-16H2,1-4H3. The largest absolute Gasteiger partial charge is 0.338 e. The maximum atomic E-state index is 12.9. The van der Waals surface area contributed by atoms with Crippen molar-refractivity contribution in [2.24, 2.45) is 7.05 Å². The van der Waals surface area contributed by atoms with Crippen LogP contribution in [0.4, 0.5) is 0 Å². The Bertz CT molecular complexity index is 965. The summed E-state index contributed by atoms with van der Waals surface area (Å²) in [4.78, 5) is 14.8. The first kappa shape index (κ1) is 21.1. The Kier molecular flexibility index (Phi) is 7.09. The van der Waals surface area contributed by atoms with Crippen LogP contribution in [0.15, 0.2) is 53.7 Å². The minimum absolute atomic E-state index is 0.123. The smallest absolute Gasteiger partial charge is 0.233 e. The molecule has 3 rings (SSSR count). The highest BCUT2D eigenvalue weighted by atomic mass is 32.2. The SMILES string of the molecule is CCCN(Cc1ccc(C)cc1)C(=O)CSc1nnc(-c2cccc(C)c2)n1C. The molecule has 0 aliphatic rings. The van der Waals surface area contributed by atoms with E-state index in [2.05, 4.69) is 67.4 Å². The van der Waals surface area contributed by atoms with Crippen LogP contribution in [-0.4, -0.2) is 37.9 Å². The molecule has 0 fully saturated rings. The predicted octanol–water partition coefficient (Wildman–Crippen LogP) is 4.63. The van der Waals surface area contributed by atoms with Crippen molar-refractivity contribution in [3.05, 3.63) is 65.2 Å². The molecule has 1 heterocycles. The van der Waals surface area contributed by atoms with Gasteiger partial charge >= 0.3 is 0 Å². The van der Waals surface area contributed by atoms with Crippen LogP contribution in [0.1, 0.15) is 30.0 Å². The van der Waals surface area contributed by atoms with Crippen LogP contribution in [0.3, 0.4) is 0 Å². The summed E-state index contributed by atoms with van der Waals surface area (Å²) in [5.74, 6) is 1.29. The van der Waals surface area contributed by atoms with Crippen molar-refractivity contribution in [1.29, 1.82) is 0 Å². The van der Waals surface area contributed by atoms with E-state index in [1.807, 2.05) is 28.6 Å². The summed E-state index contributed by atoms with van der Waals surface area (Å²) in [5, 5.41) is 9.38. The Morgan fingerprint density at radius 1 is 1.07 bits per heavy atom. The highest BCUT2D eigenvalue weighted by Gasteiger charge is 2.17. The Balaban J connectivity index is 1.66. The second kappa shape index (κ2) is 9.74. The van der Waals surface area contributed by atoms with Crippen molar-refractivity contribution < 1.29 is 4.79 Å². The Morgan fingerprint density at radius 2 is 1.83 bits per heavy atom. The van der Waals surface area contributed by atoms with Crippen molar-refractivity contribution in [2.75, 3.05) is 12.3 Å². The highest BCUT2D eigenvalue weighted by Crippen LogP contribution is 2.23. The minimum Gasteiger partial charge on any atom is -0.338 e. The third kappa shape index (κ3) is 5.48. The molecule has 0 aliphatic carbocycles. The average molecular weight is 409 g/mol. The molecule has 3 aromatic rings. The van der Waals surface area contributed by atoms with E-state index in [9.17, 15) is 4.79 Å². The zero-order valence-corrected chi connectivity index (χ0v) is 18.4. The number of aromatic nitrogens is 3. The van der Waals surface area contributed by atoms with Gasteiger partial charge in [0.2, 0.25) is 5.91 Å². The molecule has 0 bridgehead atoms. The molecule has 5 nitrogen and oxygen atoms in total. The van der Waals surface area contributed by atoms with Gasteiger partial charge in [0.1, 0.15) is 0 Å². The van der Waals surface area contributed by atoms with Crippen LogP contribution >= 0.6 is 11.8 Å². The van der Waals surface area contributed by atoms with E-state index in [0.29, 0.717) is 12.3 Å². The molecule has 6 heteroatoms. The van der Waals surface area contributed by atoms with Crippen LogP contribution < -0.4 is 0 Å². The van der Waals surface area contributed by atoms with Gasteiger partial charge in [-0.2, -0.15) is 0 Å². The van der Waals surface area contributed by atoms with Gasteiger partial charge in [-0.25, -0.2) is 0 Å². The number of carbonyl (C=O) groups is 1. The lowest BCUT2D eigenvalue weighted by Gasteiger charge is -2.22. The third-order valence-electron chi connectivity index (χ3n) is 4.78. The van der Waals surface area contributed by atoms with Crippen molar-refractivity contribution >= 4 is 17.7 Å². The molecule has 0 aliphatic heterocycles. The first-order valence-electron chi connectivity index (χ1n) is 9.90. The molecule has 0 saturated heterocycles. The topological polar surface area (TPSA) is 51.0 Å². The molecule has 29 heavy (non-hydrogen) atoms. The van der Waals surface area contributed by atoms with Gasteiger partial charge in [-0.05, 0) is 31.9 Å². The molecule has 0 saturated carbocycles. The Labute approximate surface area is 177 Å². The summed E-state index contributed by atoms with van der Waals surface area (Å²) in [5.41, 5.74) is 4.60. The fourth-order valence-electron chi connectivity index (χ4n) is 3.17. The van der Waals surface area contributed by atoms with Crippen LogP contribution in [0, 0.1) is 13.8 Å². The van der Waals surface area contributed by atoms with Gasteiger partial charge in [-0.15, -0.1) is 10.2 Å². The second-order valence-corrected chi connectivity index (χ2v) is 8.27. The molecule has 0 spiro atoms. The number of aryl methyl sites for hydroxylation is 2. The van der Waals surface area contributed by atoms with E-state index < -0.39 is 0 Å². The van der Waals surface area contributed by atoms with E-state index in [1.165, 1.54) is 22.9 Å². The summed E-state index contributed by atoms with van der Waals surface area (Å²) < 4.78 is 1.96. The van der Waals surface area contributed by atoms with Gasteiger partial charge in [-0.1, -0.05) is 72.3 Å². The maximum absolute atomic E-state index is 12.9. The first-order chi connectivity index (χ1) is 14.0. The highest BCUT2D eigenvalue weighted by molar-refractivity contribution is 7.99. The number of nitrogens with zero attached hydrogens (tertiary/aromatic N) is 4. The molecule has 0 unspecified atom stereocenters. The van der Waals surface area contributed by atoms with E-state index >= 15 is 0 Å². The fraction of sp³-hybridized carbons (Fsp3) is 0.348. The van der Waals surface area contributed by atoms with E-state index in [1.54, 1.807) is 0 Å². The summed E-state index contributed by atoms with van der Waals surface area (Å²) >= 11 is 1.44. The van der Waals surface area contributed by atoms with Gasteiger partial charge < -0.3 is 9.47 Å². The van der Waals surface area contributed by atoms with Gasteiger partial charge in [0.05, 0.1) is 5.75 Å². The lowest BCUT2D eigenvalue weighted by molar-refractivity contribution is -0.129. The zero-order valence-electron chi connectivity index (χ0n) is 17.6. The quantitative estimate of drug-likeness (QED) is 0.510. The third-order valence-corrected chi connectivity index (χ3v) is 5.78. The Hall–Kier alpha value is -2.60. The second-order valence-electron chi connectivity index (χ2n) is 7.32. The monoisotopic (exact) mass is 408 g/mol. The summed E-state index contributed by atoms with van der Waals surface area (Å²) in [7, 11) is 1.95. The molecule has 0 N–H and O–H groups in total. The molecule has 1 amide bonds. The lowest BCUT2D eigenvalue weighted by atomic mass is 10.1. The number of amides is 1. The van der Waals surface area contributed by atoms with Crippen molar-refractivity contribution in [2.45, 2.75) is 38.9 Å². The number of benzene rings is 2. The molecule has 152 valence electrons. The van der Waals surface area contributed by atoms with Gasteiger partial charge in [0, 0.05) is 25.7 Å². The summed E-state index contributed by atoms with van der Waals surface area (Å²) in [6, 6.07) is 16.6. The predicted molar refractivity (Wildman–Crippen MR) is 119 cm³/mol. The van der Waals surface area contributed by atoms with Crippen molar-refractivity contribution in [3.63, 3.8) is 0 Å². The first-order valence-corrected chi connectivity index (χ1v) is 10.9. The minimum atomic E-state index is 0.123. The maximum Gasteiger partial charge on any atom is 0.233 e. The lowest BCUT2D eigenvalue weighted by Crippen LogP contribution is -2.32. The van der Waals surface area contributed by atoms with Gasteiger partial charge in [-0.3, -0.25) is 4.79 Å². The molecular formula is C23H28N4OS. The van der Waals surface area contributed by atoms with Crippen LogP contribution in [-0.2, 0) is 18.4 Å². The van der Waals surface area contributed by atoms with E-state index in [4.69, 9.17) is 0 Å². The van der Waals surface area contributed by atoms with Gasteiger partial charge in [0.15, 0.2) is 11.0 Å². The van der Waals surface area contributed by atoms with Crippen LogP contribution in [0.5, 0.6) is 0 Å². The molecule has 2 aromatic carbocycles. The Morgan fingerprint density at radius 3 is 2.52 bits per heavy atom. The molecule has 0 atom stereocenters. The zero-order chi connectivity index (χ0) is 20.8. The normalized spacial score (nSPS) is 10.9. The molecular weight excluding hydrogens is 380 g/mol. The van der Waals surface area contributed by atoms with Crippen LogP contribution in [0.2, 0.25) is 0 Å². The summed E-state index contributed by atoms with van der Waals surface area (Å²) in [6.07, 6.45) is 0.934. The number of hydrogen-bond donors (Lipinski definition) is 0. The number of hydrogen-bond acceptors (Lipinski definition) is 4. The van der Waals surface area contributed by atoms with Gasteiger partial charge in [0.25, 0.3) is 0 Å². The van der Waals surface area contributed by atoms with Crippen LogP contribution in [0.25, 0.3) is 11.4 Å². The average Bonchev–Trinajstić information content (AvgIpc) is 3.08. The fourth-order valence-corrected chi connectivity index (χ4v) is 3.98. The van der Waals surface area contributed by atoms with E-state index in [0.717, 1.165) is 35.1 Å². The molecule has 0 radical (unpaired) electrons. The molecule has 1 aromatic heterocycles.